The molecule has 4 amide bonds. The Bertz CT molecular complexity index is 1250. The maximum atomic E-state index is 13.1. The van der Waals surface area contributed by atoms with E-state index in [1.54, 1.807) is 49.1 Å². The van der Waals surface area contributed by atoms with Gasteiger partial charge in [0.15, 0.2) is 0 Å². The smallest absolute Gasteiger partial charge is 0.325 e. The molecule has 166 valence electrons. The van der Waals surface area contributed by atoms with Crippen molar-refractivity contribution in [3.63, 3.8) is 0 Å². The number of nitrogens with zero attached hydrogens (tertiary/aromatic N) is 5. The summed E-state index contributed by atoms with van der Waals surface area (Å²) >= 11 is 0. The lowest BCUT2D eigenvalue weighted by Crippen LogP contribution is -2.43. The lowest BCUT2D eigenvalue weighted by molar-refractivity contribution is -0.138. The van der Waals surface area contributed by atoms with Gasteiger partial charge in [0.1, 0.15) is 12.1 Å². The first-order valence-electron chi connectivity index (χ1n) is 10.3. The highest BCUT2D eigenvalue weighted by atomic mass is 16.2. The summed E-state index contributed by atoms with van der Waals surface area (Å²) in [4.78, 5) is 40.8. The minimum atomic E-state index is -1.30. The highest BCUT2D eigenvalue weighted by molar-refractivity contribution is 6.09. The summed E-state index contributed by atoms with van der Waals surface area (Å²) in [6.45, 7) is 1.49. The summed E-state index contributed by atoms with van der Waals surface area (Å²) in [5.74, 6) is -0.897. The molecule has 9 heteroatoms. The van der Waals surface area contributed by atoms with Gasteiger partial charge in [-0.1, -0.05) is 30.3 Å². The molecule has 0 aliphatic carbocycles. The monoisotopic (exact) mass is 442 g/mol. The minimum Gasteiger partial charge on any atom is -0.340 e. The molecule has 1 aromatic heterocycles. The Morgan fingerprint density at radius 3 is 2.52 bits per heavy atom. The van der Waals surface area contributed by atoms with Gasteiger partial charge < -0.3 is 10.2 Å². The third-order valence-electron chi connectivity index (χ3n) is 5.66. The van der Waals surface area contributed by atoms with Gasteiger partial charge in [-0.3, -0.25) is 14.5 Å². The van der Waals surface area contributed by atoms with Crippen molar-refractivity contribution in [3.05, 3.63) is 83.7 Å². The molecule has 2 aromatic carbocycles. The Hall–Kier alpha value is -4.45. The highest BCUT2D eigenvalue weighted by Crippen LogP contribution is 2.29. The van der Waals surface area contributed by atoms with Gasteiger partial charge in [-0.05, 0) is 36.8 Å². The lowest BCUT2D eigenvalue weighted by atomic mass is 9.91. The van der Waals surface area contributed by atoms with Gasteiger partial charge in [-0.25, -0.2) is 9.48 Å². The molecule has 1 aliphatic heterocycles. The van der Waals surface area contributed by atoms with E-state index in [4.69, 9.17) is 5.26 Å². The van der Waals surface area contributed by atoms with Crippen molar-refractivity contribution in [2.24, 2.45) is 0 Å². The van der Waals surface area contributed by atoms with Gasteiger partial charge >= 0.3 is 6.03 Å². The van der Waals surface area contributed by atoms with Crippen molar-refractivity contribution in [1.29, 1.82) is 5.26 Å². The van der Waals surface area contributed by atoms with Gasteiger partial charge in [-0.2, -0.15) is 10.4 Å². The predicted molar refractivity (Wildman–Crippen MR) is 119 cm³/mol. The van der Waals surface area contributed by atoms with E-state index in [1.807, 2.05) is 42.6 Å². The fourth-order valence-corrected chi connectivity index (χ4v) is 3.70. The number of carbonyl (C=O) groups is 3. The average molecular weight is 442 g/mol. The number of rotatable bonds is 6. The number of hydrogen-bond acceptors (Lipinski definition) is 5. The van der Waals surface area contributed by atoms with Crippen molar-refractivity contribution in [3.8, 4) is 11.8 Å². The molecular weight excluding hydrogens is 420 g/mol. The van der Waals surface area contributed by atoms with E-state index in [1.165, 1.54) is 4.90 Å². The van der Waals surface area contributed by atoms with E-state index < -0.39 is 17.5 Å². The van der Waals surface area contributed by atoms with E-state index in [0.717, 1.165) is 16.2 Å². The average Bonchev–Trinajstić information content (AvgIpc) is 3.38. The van der Waals surface area contributed by atoms with Gasteiger partial charge in [-0.15, -0.1) is 0 Å². The molecule has 0 saturated carbocycles. The summed E-state index contributed by atoms with van der Waals surface area (Å²) < 4.78 is 1.72. The summed E-state index contributed by atoms with van der Waals surface area (Å²) in [6.07, 6.45) is 3.50. The second kappa shape index (κ2) is 8.59. The van der Waals surface area contributed by atoms with Crippen LogP contribution in [0.5, 0.6) is 0 Å². The Labute approximate surface area is 190 Å². The van der Waals surface area contributed by atoms with Gasteiger partial charge in [0, 0.05) is 25.4 Å². The number of amides is 4. The van der Waals surface area contributed by atoms with Crippen molar-refractivity contribution in [1.82, 2.24) is 24.9 Å². The predicted octanol–water partition coefficient (Wildman–Crippen LogP) is 2.17. The standard InChI is InChI=1S/C24H22N6O3/c1-24(19-10-8-17(12-25)9-11-19)22(32)29(23(33)27-24)16-21(31)28(2)14-18-13-26-30(15-18)20-6-4-3-5-7-20/h3-11,13,15H,14,16H2,1-2H3,(H,27,33)/t24-/m0/s1. The molecule has 1 saturated heterocycles. The highest BCUT2D eigenvalue weighted by Gasteiger charge is 2.49. The van der Waals surface area contributed by atoms with E-state index >= 15 is 0 Å². The zero-order chi connectivity index (χ0) is 23.6. The van der Waals surface area contributed by atoms with E-state index in [2.05, 4.69) is 10.4 Å². The van der Waals surface area contributed by atoms with Crippen molar-refractivity contribution in [2.45, 2.75) is 19.0 Å². The number of imide groups is 1. The summed E-state index contributed by atoms with van der Waals surface area (Å²) in [5, 5.41) is 16.0. The van der Waals surface area contributed by atoms with Crippen molar-refractivity contribution < 1.29 is 14.4 Å². The molecule has 1 fully saturated rings. The van der Waals surface area contributed by atoms with E-state index in [-0.39, 0.29) is 19.0 Å². The fourth-order valence-electron chi connectivity index (χ4n) is 3.70. The molecule has 4 rings (SSSR count). The van der Waals surface area contributed by atoms with Crippen LogP contribution in [0.25, 0.3) is 5.69 Å². The van der Waals surface area contributed by atoms with Crippen LogP contribution in [0.1, 0.15) is 23.6 Å². The Kier molecular flexibility index (Phi) is 5.67. The van der Waals surface area contributed by atoms with Crippen LogP contribution in [0.4, 0.5) is 4.79 Å². The quantitative estimate of drug-likeness (QED) is 0.588. The number of urea groups is 1. The number of hydrogen-bond donors (Lipinski definition) is 1. The number of aromatic nitrogens is 2. The van der Waals surface area contributed by atoms with Crippen LogP contribution in [-0.2, 0) is 21.7 Å². The topological polar surface area (TPSA) is 111 Å². The van der Waals surface area contributed by atoms with Crippen molar-refractivity contribution in [2.75, 3.05) is 13.6 Å². The second-order valence-electron chi connectivity index (χ2n) is 8.01. The molecule has 0 bridgehead atoms. The van der Waals surface area contributed by atoms with Gasteiger partial charge in [0.2, 0.25) is 5.91 Å². The molecule has 1 N–H and O–H groups in total. The maximum Gasteiger partial charge on any atom is 0.325 e. The zero-order valence-electron chi connectivity index (χ0n) is 18.2. The Morgan fingerprint density at radius 2 is 1.85 bits per heavy atom. The van der Waals surface area contributed by atoms with Gasteiger partial charge in [0.25, 0.3) is 5.91 Å². The first-order valence-corrected chi connectivity index (χ1v) is 10.3. The molecule has 0 radical (unpaired) electrons. The lowest BCUT2D eigenvalue weighted by Gasteiger charge is -2.23. The first kappa shape index (κ1) is 21.8. The Morgan fingerprint density at radius 1 is 1.15 bits per heavy atom. The van der Waals surface area contributed by atoms with Crippen molar-refractivity contribution >= 4 is 17.8 Å². The number of benzene rings is 2. The number of carbonyl (C=O) groups excluding carboxylic acids is 3. The van der Waals surface area contributed by atoms with Crippen LogP contribution < -0.4 is 5.32 Å². The van der Waals surface area contributed by atoms with Crippen LogP contribution in [-0.4, -0.2) is 51.0 Å². The molecule has 9 nitrogen and oxygen atoms in total. The van der Waals surface area contributed by atoms with Gasteiger partial charge in [0.05, 0.1) is 23.5 Å². The summed E-state index contributed by atoms with van der Waals surface area (Å²) in [6, 6.07) is 17.4. The number of likely N-dealkylation sites (N-methyl/N-ethyl adjacent to an activating group) is 1. The normalized spacial score (nSPS) is 17.5. The molecular formula is C24H22N6O3. The maximum absolute atomic E-state index is 13.1. The molecule has 2 heterocycles. The zero-order valence-corrected chi connectivity index (χ0v) is 18.2. The fraction of sp³-hybridized carbons (Fsp3) is 0.208. The van der Waals surface area contributed by atoms with E-state index in [0.29, 0.717) is 11.1 Å². The summed E-state index contributed by atoms with van der Waals surface area (Å²) in [7, 11) is 1.61. The van der Waals surface area contributed by atoms with Crippen LogP contribution >= 0.6 is 0 Å². The largest absolute Gasteiger partial charge is 0.340 e. The second-order valence-corrected chi connectivity index (χ2v) is 8.01. The number of para-hydroxylation sites is 1. The Balaban J connectivity index is 1.42. The third-order valence-corrected chi connectivity index (χ3v) is 5.66. The van der Waals surface area contributed by atoms with Crippen LogP contribution in [0, 0.1) is 11.3 Å². The van der Waals surface area contributed by atoms with Crippen LogP contribution in [0.3, 0.4) is 0 Å². The number of nitrogens with one attached hydrogen (secondary N) is 1. The molecule has 0 unspecified atom stereocenters. The SMILES string of the molecule is CN(Cc1cnn(-c2ccccc2)c1)C(=O)CN1C(=O)N[C@@](C)(c2ccc(C#N)cc2)C1=O. The number of nitriles is 1. The minimum absolute atomic E-state index is 0.280. The van der Waals surface area contributed by atoms with Crippen LogP contribution in [0.15, 0.2) is 67.0 Å². The summed E-state index contributed by atoms with van der Waals surface area (Å²) in [5.41, 5.74) is 1.40. The molecule has 0 spiro atoms. The molecule has 1 aliphatic rings. The first-order chi connectivity index (χ1) is 15.8. The third kappa shape index (κ3) is 4.19. The molecule has 3 aromatic rings. The molecule has 33 heavy (non-hydrogen) atoms. The van der Waals surface area contributed by atoms with Crippen LogP contribution in [0.2, 0.25) is 0 Å². The molecule has 1 atom stereocenters. The van der Waals surface area contributed by atoms with E-state index in [9.17, 15) is 14.4 Å².